The Morgan fingerprint density at radius 1 is 1.48 bits per heavy atom. The van der Waals surface area contributed by atoms with E-state index in [-0.39, 0.29) is 12.0 Å². The van der Waals surface area contributed by atoms with Crippen molar-refractivity contribution in [2.75, 3.05) is 31.6 Å². The first-order chi connectivity index (χ1) is 10.1. The third kappa shape index (κ3) is 3.65. The molecule has 0 amide bonds. The van der Waals surface area contributed by atoms with Gasteiger partial charge in [-0.05, 0) is 19.4 Å². The molecule has 0 aliphatic carbocycles. The lowest BCUT2D eigenvalue weighted by molar-refractivity contribution is -0.0416. The zero-order chi connectivity index (χ0) is 14.8. The average Bonchev–Trinajstić information content (AvgIpc) is 2.92. The van der Waals surface area contributed by atoms with E-state index in [4.69, 9.17) is 16.3 Å². The van der Waals surface area contributed by atoms with Crippen LogP contribution in [0.25, 0.3) is 0 Å². The van der Waals surface area contributed by atoms with Crippen molar-refractivity contribution in [2.45, 2.75) is 44.8 Å². The lowest BCUT2D eigenvalue weighted by Crippen LogP contribution is -2.48. The Kier molecular flexibility index (Phi) is 4.62. The molecule has 5 nitrogen and oxygen atoms in total. The molecule has 6 heteroatoms. The van der Waals surface area contributed by atoms with Gasteiger partial charge in [0.15, 0.2) is 0 Å². The molecule has 2 unspecified atom stereocenters. The number of halogens is 1. The number of rotatable bonds is 4. The van der Waals surface area contributed by atoms with Gasteiger partial charge in [-0.25, -0.2) is 9.97 Å². The fraction of sp³-hybridized carbons (Fsp3) is 0.733. The van der Waals surface area contributed by atoms with Crippen LogP contribution in [0.3, 0.4) is 0 Å². The summed E-state index contributed by atoms with van der Waals surface area (Å²) in [5, 5.41) is 3.83. The van der Waals surface area contributed by atoms with E-state index in [1.54, 1.807) is 6.07 Å². The van der Waals surface area contributed by atoms with Gasteiger partial charge in [0, 0.05) is 31.1 Å². The molecule has 2 aliphatic rings. The first kappa shape index (κ1) is 15.0. The Hall–Kier alpha value is -0.910. The summed E-state index contributed by atoms with van der Waals surface area (Å²) in [5.74, 6) is 1.82. The normalized spacial score (nSPS) is 26.1. The Balaban J connectivity index is 1.57. The number of nitrogens with one attached hydrogen (secondary N) is 1. The van der Waals surface area contributed by atoms with E-state index in [1.165, 1.54) is 19.4 Å². The standard InChI is InChI=1S/C15H23ClN4O/c1-10(2)15-18-13(16)6-14(19-15)17-7-12-8-20-5-3-4-11(20)9-21-12/h6,10-12H,3-5,7-9H2,1-2H3,(H,17,18,19). The van der Waals surface area contributed by atoms with Crippen LogP contribution in [-0.4, -0.2) is 53.3 Å². The van der Waals surface area contributed by atoms with Crippen molar-refractivity contribution < 1.29 is 4.74 Å². The molecule has 2 fully saturated rings. The molecule has 0 spiro atoms. The Labute approximate surface area is 131 Å². The molecule has 21 heavy (non-hydrogen) atoms. The highest BCUT2D eigenvalue weighted by molar-refractivity contribution is 6.29. The molecule has 0 radical (unpaired) electrons. The smallest absolute Gasteiger partial charge is 0.135 e. The van der Waals surface area contributed by atoms with E-state index in [9.17, 15) is 0 Å². The summed E-state index contributed by atoms with van der Waals surface area (Å²) >= 11 is 6.06. The molecule has 3 heterocycles. The predicted octanol–water partition coefficient (Wildman–Crippen LogP) is 2.53. The third-order valence-corrected chi connectivity index (χ3v) is 4.39. The van der Waals surface area contributed by atoms with Crippen molar-refractivity contribution in [1.82, 2.24) is 14.9 Å². The van der Waals surface area contributed by atoms with Gasteiger partial charge in [-0.15, -0.1) is 0 Å². The number of hydrogen-bond donors (Lipinski definition) is 1. The monoisotopic (exact) mass is 310 g/mol. The van der Waals surface area contributed by atoms with Gasteiger partial charge in [0.2, 0.25) is 0 Å². The van der Waals surface area contributed by atoms with E-state index in [0.29, 0.717) is 11.2 Å². The number of nitrogens with zero attached hydrogens (tertiary/aromatic N) is 3. The van der Waals surface area contributed by atoms with Crippen molar-refractivity contribution in [1.29, 1.82) is 0 Å². The van der Waals surface area contributed by atoms with Crippen LogP contribution >= 0.6 is 11.6 Å². The first-order valence-corrected chi connectivity index (χ1v) is 8.13. The Bertz CT molecular complexity index is 497. The molecule has 1 aromatic rings. The molecule has 2 aliphatic heterocycles. The quantitative estimate of drug-likeness (QED) is 0.866. The van der Waals surface area contributed by atoms with E-state index < -0.39 is 0 Å². The average molecular weight is 311 g/mol. The minimum atomic E-state index is 0.218. The fourth-order valence-corrected chi connectivity index (χ4v) is 3.20. The number of aromatic nitrogens is 2. The van der Waals surface area contributed by atoms with Crippen LogP contribution in [0.15, 0.2) is 6.07 Å². The van der Waals surface area contributed by atoms with Crippen LogP contribution in [0.4, 0.5) is 5.82 Å². The largest absolute Gasteiger partial charge is 0.373 e. The van der Waals surface area contributed by atoms with E-state index in [0.717, 1.165) is 31.3 Å². The summed E-state index contributed by atoms with van der Waals surface area (Å²) in [6.45, 7) is 7.96. The number of hydrogen-bond acceptors (Lipinski definition) is 5. The van der Waals surface area contributed by atoms with Gasteiger partial charge in [0.1, 0.15) is 16.8 Å². The second-order valence-electron chi connectivity index (χ2n) is 6.22. The van der Waals surface area contributed by atoms with E-state index in [2.05, 4.69) is 34.0 Å². The van der Waals surface area contributed by atoms with Gasteiger partial charge in [-0.3, -0.25) is 4.90 Å². The lowest BCUT2D eigenvalue weighted by Gasteiger charge is -2.35. The van der Waals surface area contributed by atoms with Crippen molar-refractivity contribution in [3.63, 3.8) is 0 Å². The molecule has 3 rings (SSSR count). The molecule has 116 valence electrons. The van der Waals surface area contributed by atoms with Crippen LogP contribution in [0.2, 0.25) is 5.15 Å². The van der Waals surface area contributed by atoms with Crippen LogP contribution < -0.4 is 5.32 Å². The zero-order valence-electron chi connectivity index (χ0n) is 12.7. The highest BCUT2D eigenvalue weighted by Crippen LogP contribution is 2.23. The summed E-state index contributed by atoms with van der Waals surface area (Å²) in [7, 11) is 0. The molecule has 2 atom stereocenters. The van der Waals surface area contributed by atoms with Crippen molar-refractivity contribution in [3.8, 4) is 0 Å². The second kappa shape index (κ2) is 6.46. The maximum absolute atomic E-state index is 6.06. The molecule has 1 N–H and O–H groups in total. The number of morpholine rings is 1. The van der Waals surface area contributed by atoms with E-state index in [1.807, 2.05) is 0 Å². The van der Waals surface area contributed by atoms with Gasteiger partial charge in [-0.1, -0.05) is 25.4 Å². The molecular formula is C15H23ClN4O. The lowest BCUT2D eigenvalue weighted by atomic mass is 10.2. The molecule has 0 saturated carbocycles. The SMILES string of the molecule is CC(C)c1nc(Cl)cc(NCC2CN3CCCC3CO2)n1. The van der Waals surface area contributed by atoms with Crippen LogP contribution in [-0.2, 0) is 4.74 Å². The minimum Gasteiger partial charge on any atom is -0.373 e. The van der Waals surface area contributed by atoms with Crippen molar-refractivity contribution in [3.05, 3.63) is 17.0 Å². The summed E-state index contributed by atoms with van der Waals surface area (Å²) in [6, 6.07) is 2.41. The third-order valence-electron chi connectivity index (χ3n) is 4.20. The Morgan fingerprint density at radius 2 is 2.33 bits per heavy atom. The van der Waals surface area contributed by atoms with Gasteiger partial charge < -0.3 is 10.1 Å². The summed E-state index contributed by atoms with van der Waals surface area (Å²) in [6.07, 6.45) is 2.79. The zero-order valence-corrected chi connectivity index (χ0v) is 13.4. The Morgan fingerprint density at radius 3 is 3.14 bits per heavy atom. The number of fused-ring (bicyclic) bond motifs is 1. The molecule has 1 aromatic heterocycles. The van der Waals surface area contributed by atoms with Gasteiger partial charge >= 0.3 is 0 Å². The summed E-state index contributed by atoms with van der Waals surface area (Å²) in [4.78, 5) is 11.3. The van der Waals surface area contributed by atoms with Crippen LogP contribution in [0.5, 0.6) is 0 Å². The number of ether oxygens (including phenoxy) is 1. The highest BCUT2D eigenvalue weighted by atomic mass is 35.5. The van der Waals surface area contributed by atoms with E-state index >= 15 is 0 Å². The van der Waals surface area contributed by atoms with Crippen molar-refractivity contribution in [2.24, 2.45) is 0 Å². The maximum Gasteiger partial charge on any atom is 0.135 e. The first-order valence-electron chi connectivity index (χ1n) is 7.76. The van der Waals surface area contributed by atoms with Gasteiger partial charge in [0.25, 0.3) is 0 Å². The van der Waals surface area contributed by atoms with Gasteiger partial charge in [-0.2, -0.15) is 0 Å². The second-order valence-corrected chi connectivity index (χ2v) is 6.60. The highest BCUT2D eigenvalue weighted by Gasteiger charge is 2.31. The van der Waals surface area contributed by atoms with Crippen LogP contribution in [0, 0.1) is 0 Å². The number of anilines is 1. The predicted molar refractivity (Wildman–Crippen MR) is 84.0 cm³/mol. The molecule has 0 bridgehead atoms. The van der Waals surface area contributed by atoms with Crippen molar-refractivity contribution >= 4 is 17.4 Å². The topological polar surface area (TPSA) is 50.3 Å². The molecule has 2 saturated heterocycles. The maximum atomic E-state index is 6.06. The summed E-state index contributed by atoms with van der Waals surface area (Å²) < 4.78 is 5.94. The fourth-order valence-electron chi connectivity index (χ4n) is 3.01. The minimum absolute atomic E-state index is 0.218. The molecule has 0 aromatic carbocycles. The summed E-state index contributed by atoms with van der Waals surface area (Å²) in [5.41, 5.74) is 0. The van der Waals surface area contributed by atoms with Gasteiger partial charge in [0.05, 0.1) is 12.7 Å². The van der Waals surface area contributed by atoms with Crippen LogP contribution in [0.1, 0.15) is 38.4 Å². The molecular weight excluding hydrogens is 288 g/mol.